The summed E-state index contributed by atoms with van der Waals surface area (Å²) in [6.07, 6.45) is 13.3. The molecule has 4 aliphatic carbocycles. The predicted molar refractivity (Wildman–Crippen MR) is 118 cm³/mol. The molecule has 0 saturated heterocycles. The predicted octanol–water partition coefficient (Wildman–Crippen LogP) is 4.73. The number of hydrogen-bond donors (Lipinski definition) is 1. The van der Waals surface area contributed by atoms with Crippen molar-refractivity contribution in [2.24, 2.45) is 40.4 Å². The first kappa shape index (κ1) is 21.2. The largest absolute Gasteiger partial charge is 0.390 e. The number of hydrogen-bond acceptors (Lipinski definition) is 4. The number of aliphatic hydroxyl groups is 1. The minimum absolute atomic E-state index is 0.104. The molecule has 5 nitrogen and oxygen atoms in total. The molecule has 4 saturated carbocycles. The number of Topliss-reactive ketones (excluding diaryl/α,β-unsaturated/α-hetero) is 1. The van der Waals surface area contributed by atoms with Gasteiger partial charge in [0, 0.05) is 12.1 Å². The van der Waals surface area contributed by atoms with Gasteiger partial charge in [-0.25, -0.2) is 0 Å². The summed E-state index contributed by atoms with van der Waals surface area (Å²) in [6, 6.07) is 2.10. The highest BCUT2D eigenvalue weighted by Crippen LogP contribution is 2.68. The smallest absolute Gasteiger partial charge is 0.157 e. The Kier molecular flexibility index (Phi) is 4.90. The van der Waals surface area contributed by atoms with E-state index >= 15 is 0 Å². The molecule has 1 aromatic heterocycles. The van der Waals surface area contributed by atoms with Crippen molar-refractivity contribution < 1.29 is 9.90 Å². The Morgan fingerprint density at radius 2 is 1.90 bits per heavy atom. The second kappa shape index (κ2) is 7.17. The van der Waals surface area contributed by atoms with Crippen LogP contribution in [0.4, 0.5) is 0 Å². The maximum atomic E-state index is 13.3. The Bertz CT molecular complexity index is 914. The van der Waals surface area contributed by atoms with Gasteiger partial charge >= 0.3 is 0 Å². The monoisotopic (exact) mass is 423 g/mol. The van der Waals surface area contributed by atoms with E-state index in [0.29, 0.717) is 28.6 Å². The third-order valence-electron chi connectivity index (χ3n) is 10.4. The van der Waals surface area contributed by atoms with Crippen LogP contribution < -0.4 is 0 Å². The maximum absolute atomic E-state index is 13.3. The SMILES string of the molecule is C[C@@]1(O)CC[C@]2(C)[C@@H](CC[C@@H]3[C@H]2CC[C@]2(C)[C@@H](C(=O)Cn4cc(C#N)cn4)CC[C@@H]32)C1. The van der Waals surface area contributed by atoms with Crippen molar-refractivity contribution in [3.63, 3.8) is 0 Å². The maximum Gasteiger partial charge on any atom is 0.157 e. The third-order valence-corrected chi connectivity index (χ3v) is 10.4. The lowest BCUT2D eigenvalue weighted by Gasteiger charge is -2.61. The van der Waals surface area contributed by atoms with Crippen LogP contribution in [-0.4, -0.2) is 26.3 Å². The molecule has 1 heterocycles. The Balaban J connectivity index is 1.34. The van der Waals surface area contributed by atoms with Crippen molar-refractivity contribution in [2.75, 3.05) is 0 Å². The molecule has 4 fully saturated rings. The third kappa shape index (κ3) is 3.28. The molecule has 0 bridgehead atoms. The number of nitriles is 1. The number of carbonyl (C=O) groups excluding carboxylic acids is 1. The van der Waals surface area contributed by atoms with Gasteiger partial charge in [-0.2, -0.15) is 10.4 Å². The molecule has 0 aromatic carbocycles. The summed E-state index contributed by atoms with van der Waals surface area (Å²) >= 11 is 0. The van der Waals surface area contributed by atoms with E-state index in [1.54, 1.807) is 17.1 Å². The summed E-state index contributed by atoms with van der Waals surface area (Å²) in [6.45, 7) is 7.24. The number of carbonyl (C=O) groups is 1. The first-order valence-electron chi connectivity index (χ1n) is 12.3. The van der Waals surface area contributed by atoms with E-state index in [-0.39, 0.29) is 17.9 Å². The van der Waals surface area contributed by atoms with Gasteiger partial charge in [0.05, 0.1) is 23.9 Å². The second-order valence-corrected chi connectivity index (χ2v) is 12.0. The molecule has 0 radical (unpaired) electrons. The Morgan fingerprint density at radius 1 is 1.13 bits per heavy atom. The van der Waals surface area contributed by atoms with Crippen LogP contribution in [0.2, 0.25) is 0 Å². The average Bonchev–Trinajstić information content (AvgIpc) is 3.31. The van der Waals surface area contributed by atoms with Gasteiger partial charge in [0.2, 0.25) is 0 Å². The summed E-state index contributed by atoms with van der Waals surface area (Å²) < 4.78 is 1.64. The summed E-state index contributed by atoms with van der Waals surface area (Å²) in [5, 5.41) is 23.9. The summed E-state index contributed by atoms with van der Waals surface area (Å²) in [5.41, 5.74) is 0.493. The Hall–Kier alpha value is -1.67. The fraction of sp³-hybridized carbons (Fsp3) is 0.808. The Morgan fingerprint density at radius 3 is 2.65 bits per heavy atom. The zero-order valence-corrected chi connectivity index (χ0v) is 19.3. The highest BCUT2D eigenvalue weighted by atomic mass is 16.3. The van der Waals surface area contributed by atoms with E-state index in [1.165, 1.54) is 25.7 Å². The first-order valence-corrected chi connectivity index (χ1v) is 12.3. The van der Waals surface area contributed by atoms with Crippen molar-refractivity contribution >= 4 is 5.78 Å². The second-order valence-electron chi connectivity index (χ2n) is 12.0. The minimum Gasteiger partial charge on any atom is -0.390 e. The van der Waals surface area contributed by atoms with Crippen LogP contribution in [0.25, 0.3) is 0 Å². The van der Waals surface area contributed by atoms with Crippen molar-refractivity contribution in [1.29, 1.82) is 5.26 Å². The van der Waals surface area contributed by atoms with Gasteiger partial charge in [-0.1, -0.05) is 13.8 Å². The van der Waals surface area contributed by atoms with Gasteiger partial charge in [-0.15, -0.1) is 0 Å². The molecule has 8 atom stereocenters. The lowest BCUT2D eigenvalue weighted by atomic mass is 9.44. The number of fused-ring (bicyclic) bond motifs is 5. The van der Waals surface area contributed by atoms with Crippen LogP contribution in [0.15, 0.2) is 12.4 Å². The van der Waals surface area contributed by atoms with E-state index in [2.05, 4.69) is 25.0 Å². The Labute approximate surface area is 186 Å². The van der Waals surface area contributed by atoms with Gasteiger partial charge in [-0.3, -0.25) is 9.48 Å². The average molecular weight is 424 g/mol. The molecule has 31 heavy (non-hydrogen) atoms. The van der Waals surface area contributed by atoms with Crippen LogP contribution in [0.5, 0.6) is 0 Å². The molecule has 5 rings (SSSR count). The molecule has 4 aliphatic rings. The fourth-order valence-electron chi connectivity index (χ4n) is 8.74. The molecule has 1 aromatic rings. The lowest BCUT2D eigenvalue weighted by Crippen LogP contribution is -2.55. The van der Waals surface area contributed by atoms with Crippen LogP contribution >= 0.6 is 0 Å². The molecule has 1 N–H and O–H groups in total. The topological polar surface area (TPSA) is 78.9 Å². The summed E-state index contributed by atoms with van der Waals surface area (Å²) in [5.74, 6) is 3.19. The zero-order valence-electron chi connectivity index (χ0n) is 19.3. The highest BCUT2D eigenvalue weighted by molar-refractivity contribution is 5.82. The van der Waals surface area contributed by atoms with E-state index in [0.717, 1.165) is 43.9 Å². The zero-order chi connectivity index (χ0) is 22.0. The molecular weight excluding hydrogens is 386 g/mol. The fourth-order valence-corrected chi connectivity index (χ4v) is 8.74. The van der Waals surface area contributed by atoms with Gasteiger partial charge in [0.1, 0.15) is 6.07 Å². The van der Waals surface area contributed by atoms with Crippen LogP contribution in [0.3, 0.4) is 0 Å². The van der Waals surface area contributed by atoms with E-state index in [9.17, 15) is 9.90 Å². The molecule has 0 amide bonds. The summed E-state index contributed by atoms with van der Waals surface area (Å²) in [7, 11) is 0. The van der Waals surface area contributed by atoms with Gasteiger partial charge in [-0.05, 0) is 99.2 Å². The number of ketones is 1. The first-order chi connectivity index (χ1) is 14.7. The van der Waals surface area contributed by atoms with Crippen LogP contribution in [-0.2, 0) is 11.3 Å². The van der Waals surface area contributed by atoms with Crippen LogP contribution in [0.1, 0.15) is 84.1 Å². The van der Waals surface area contributed by atoms with Gasteiger partial charge in [0.15, 0.2) is 5.78 Å². The highest BCUT2D eigenvalue weighted by Gasteiger charge is 2.61. The van der Waals surface area contributed by atoms with Crippen molar-refractivity contribution in [2.45, 2.75) is 90.7 Å². The molecule has 5 heteroatoms. The minimum atomic E-state index is -0.483. The molecule has 0 spiro atoms. The normalized spacial score (nSPS) is 46.5. The van der Waals surface area contributed by atoms with E-state index in [1.807, 2.05) is 6.92 Å². The summed E-state index contributed by atoms with van der Waals surface area (Å²) in [4.78, 5) is 13.3. The van der Waals surface area contributed by atoms with E-state index < -0.39 is 5.60 Å². The van der Waals surface area contributed by atoms with Crippen molar-refractivity contribution in [3.8, 4) is 6.07 Å². The van der Waals surface area contributed by atoms with Gasteiger partial charge in [0.25, 0.3) is 0 Å². The standard InChI is InChI=1S/C26H37N3O2/c1-24(31)10-11-25(2)18(12-24)4-5-19-20-6-7-22(26(20,3)9-8-21(19)25)23(30)16-29-15-17(13-27)14-28-29/h14-15,18-22,31H,4-12,16H2,1-3H3/t18-,19-,20-,21+,22+,24+,25+,26-/m0/s1. The molecule has 168 valence electrons. The van der Waals surface area contributed by atoms with E-state index in [4.69, 9.17) is 5.26 Å². The van der Waals surface area contributed by atoms with Crippen molar-refractivity contribution in [3.05, 3.63) is 18.0 Å². The molecule has 0 aliphatic heterocycles. The van der Waals surface area contributed by atoms with Crippen molar-refractivity contribution in [1.82, 2.24) is 9.78 Å². The molecular formula is C26H37N3O2. The lowest BCUT2D eigenvalue weighted by molar-refractivity contribution is -0.151. The number of rotatable bonds is 3. The number of nitrogens with zero attached hydrogens (tertiary/aromatic N) is 3. The quantitative estimate of drug-likeness (QED) is 0.762. The number of aromatic nitrogens is 2. The molecule has 0 unspecified atom stereocenters. The van der Waals surface area contributed by atoms with Crippen LogP contribution in [0, 0.1) is 51.8 Å². The van der Waals surface area contributed by atoms with Gasteiger partial charge < -0.3 is 5.11 Å².